The number of carbonyl (C=O) groups is 1. The number of rotatable bonds is 6. The first-order chi connectivity index (χ1) is 7.33. The van der Waals surface area contributed by atoms with Crippen molar-refractivity contribution in [2.24, 2.45) is 5.92 Å². The van der Waals surface area contributed by atoms with Gasteiger partial charge in [0.05, 0.1) is 6.26 Å². The van der Waals surface area contributed by atoms with Crippen LogP contribution in [0.1, 0.15) is 38.5 Å². The van der Waals surface area contributed by atoms with Crippen molar-refractivity contribution in [1.82, 2.24) is 0 Å². The third kappa shape index (κ3) is 5.45. The molecule has 0 heterocycles. The Balaban J connectivity index is 2.04. The zero-order valence-electron chi connectivity index (χ0n) is 9.24. The molecule has 0 radical (unpaired) electrons. The van der Waals surface area contributed by atoms with E-state index in [-0.39, 0.29) is 5.97 Å². The summed E-state index contributed by atoms with van der Waals surface area (Å²) in [6.07, 6.45) is 8.13. The zero-order chi connectivity index (χ0) is 10.9. The Morgan fingerprint density at radius 2 is 2.00 bits per heavy atom. The van der Waals surface area contributed by atoms with E-state index in [2.05, 4.69) is 6.58 Å². The maximum absolute atomic E-state index is 11.4. The SMILES string of the molecule is C=COCCOC(=O)CC1CCCCC1. The molecule has 0 aliphatic heterocycles. The molecule has 0 aromatic rings. The second-order valence-electron chi connectivity index (χ2n) is 3.97. The van der Waals surface area contributed by atoms with Crippen LogP contribution in [0.15, 0.2) is 12.8 Å². The van der Waals surface area contributed by atoms with Gasteiger partial charge in [0.2, 0.25) is 0 Å². The summed E-state index contributed by atoms with van der Waals surface area (Å²) in [4.78, 5) is 11.4. The third-order valence-electron chi connectivity index (χ3n) is 2.76. The average molecular weight is 212 g/mol. The van der Waals surface area contributed by atoms with Crippen LogP contribution >= 0.6 is 0 Å². The van der Waals surface area contributed by atoms with E-state index in [4.69, 9.17) is 9.47 Å². The van der Waals surface area contributed by atoms with Gasteiger partial charge in [0.25, 0.3) is 0 Å². The largest absolute Gasteiger partial charge is 0.498 e. The minimum atomic E-state index is -0.0884. The van der Waals surface area contributed by atoms with E-state index < -0.39 is 0 Å². The van der Waals surface area contributed by atoms with Gasteiger partial charge in [-0.05, 0) is 18.8 Å². The molecule has 1 fully saturated rings. The highest BCUT2D eigenvalue weighted by molar-refractivity contribution is 5.69. The third-order valence-corrected chi connectivity index (χ3v) is 2.76. The normalized spacial score (nSPS) is 17.1. The van der Waals surface area contributed by atoms with Gasteiger partial charge >= 0.3 is 5.97 Å². The fourth-order valence-electron chi connectivity index (χ4n) is 1.97. The lowest BCUT2D eigenvalue weighted by atomic mass is 9.87. The highest BCUT2D eigenvalue weighted by Crippen LogP contribution is 2.26. The minimum absolute atomic E-state index is 0.0884. The predicted octanol–water partition coefficient (Wildman–Crippen LogP) is 2.66. The van der Waals surface area contributed by atoms with E-state index in [9.17, 15) is 4.79 Å². The smallest absolute Gasteiger partial charge is 0.306 e. The van der Waals surface area contributed by atoms with Crippen molar-refractivity contribution < 1.29 is 14.3 Å². The summed E-state index contributed by atoms with van der Waals surface area (Å²) in [5.74, 6) is 0.459. The summed E-state index contributed by atoms with van der Waals surface area (Å²) in [6, 6.07) is 0. The average Bonchev–Trinajstić information content (AvgIpc) is 2.26. The topological polar surface area (TPSA) is 35.5 Å². The summed E-state index contributed by atoms with van der Waals surface area (Å²) >= 11 is 0. The van der Waals surface area contributed by atoms with Gasteiger partial charge in [-0.25, -0.2) is 0 Å². The molecule has 1 aliphatic carbocycles. The molecular formula is C12H20O3. The number of hydrogen-bond donors (Lipinski definition) is 0. The van der Waals surface area contributed by atoms with Gasteiger partial charge in [-0.15, -0.1) is 0 Å². The number of esters is 1. The van der Waals surface area contributed by atoms with Gasteiger partial charge in [-0.3, -0.25) is 4.79 Å². The van der Waals surface area contributed by atoms with Crippen LogP contribution in [-0.4, -0.2) is 19.2 Å². The van der Waals surface area contributed by atoms with Crippen LogP contribution in [0.5, 0.6) is 0 Å². The van der Waals surface area contributed by atoms with Crippen LogP contribution in [-0.2, 0) is 14.3 Å². The first-order valence-electron chi connectivity index (χ1n) is 5.71. The van der Waals surface area contributed by atoms with Crippen LogP contribution in [0.2, 0.25) is 0 Å². The second kappa shape index (κ2) is 7.32. The summed E-state index contributed by atoms with van der Waals surface area (Å²) in [6.45, 7) is 4.14. The van der Waals surface area contributed by atoms with Crippen molar-refractivity contribution >= 4 is 5.97 Å². The first-order valence-corrected chi connectivity index (χ1v) is 5.71. The van der Waals surface area contributed by atoms with Gasteiger partial charge in [-0.2, -0.15) is 0 Å². The van der Waals surface area contributed by atoms with Gasteiger partial charge < -0.3 is 9.47 Å². The molecule has 0 N–H and O–H groups in total. The Morgan fingerprint density at radius 3 is 2.67 bits per heavy atom. The van der Waals surface area contributed by atoms with Gasteiger partial charge in [0.1, 0.15) is 13.2 Å². The van der Waals surface area contributed by atoms with Crippen LogP contribution in [0.3, 0.4) is 0 Å². The molecule has 0 spiro atoms. The Hall–Kier alpha value is -0.990. The Bertz CT molecular complexity index is 195. The lowest BCUT2D eigenvalue weighted by Gasteiger charge is -2.20. The summed E-state index contributed by atoms with van der Waals surface area (Å²) in [5, 5.41) is 0. The molecule has 0 saturated heterocycles. The van der Waals surface area contributed by atoms with Crippen molar-refractivity contribution in [3.8, 4) is 0 Å². The fraction of sp³-hybridized carbons (Fsp3) is 0.750. The summed E-state index contributed by atoms with van der Waals surface area (Å²) in [5.41, 5.74) is 0. The van der Waals surface area contributed by atoms with Gasteiger partial charge in [0.15, 0.2) is 0 Å². The maximum Gasteiger partial charge on any atom is 0.306 e. The first kappa shape index (κ1) is 12.1. The monoisotopic (exact) mass is 212 g/mol. The predicted molar refractivity (Wildman–Crippen MR) is 58.3 cm³/mol. The van der Waals surface area contributed by atoms with E-state index in [1.165, 1.54) is 38.4 Å². The molecule has 3 heteroatoms. The van der Waals surface area contributed by atoms with Crippen molar-refractivity contribution in [3.63, 3.8) is 0 Å². The molecule has 1 aliphatic rings. The Morgan fingerprint density at radius 1 is 1.27 bits per heavy atom. The Labute approximate surface area is 91.4 Å². The van der Waals surface area contributed by atoms with Crippen molar-refractivity contribution in [2.75, 3.05) is 13.2 Å². The van der Waals surface area contributed by atoms with Gasteiger partial charge in [-0.1, -0.05) is 25.8 Å². The van der Waals surface area contributed by atoms with E-state index in [1.807, 2.05) is 0 Å². The molecule has 1 rings (SSSR count). The second-order valence-corrected chi connectivity index (χ2v) is 3.97. The molecule has 0 bridgehead atoms. The number of hydrogen-bond acceptors (Lipinski definition) is 3. The molecular weight excluding hydrogens is 192 g/mol. The quantitative estimate of drug-likeness (QED) is 0.386. The summed E-state index contributed by atoms with van der Waals surface area (Å²) in [7, 11) is 0. The lowest BCUT2D eigenvalue weighted by molar-refractivity contribution is -0.146. The Kier molecular flexibility index (Phi) is 5.90. The van der Waals surface area contributed by atoms with Crippen LogP contribution in [0.4, 0.5) is 0 Å². The van der Waals surface area contributed by atoms with Crippen LogP contribution in [0.25, 0.3) is 0 Å². The van der Waals surface area contributed by atoms with E-state index in [0.717, 1.165) is 0 Å². The van der Waals surface area contributed by atoms with E-state index >= 15 is 0 Å². The highest BCUT2D eigenvalue weighted by atomic mass is 16.6. The lowest BCUT2D eigenvalue weighted by Crippen LogP contribution is -2.16. The summed E-state index contributed by atoms with van der Waals surface area (Å²) < 4.78 is 9.90. The standard InChI is InChI=1S/C12H20O3/c1-2-14-8-9-15-12(13)10-11-6-4-3-5-7-11/h2,11H,1,3-10H2. The molecule has 3 nitrogen and oxygen atoms in total. The van der Waals surface area contributed by atoms with Gasteiger partial charge in [0, 0.05) is 6.42 Å². The molecule has 0 aromatic heterocycles. The highest BCUT2D eigenvalue weighted by Gasteiger charge is 2.17. The molecule has 0 aromatic carbocycles. The van der Waals surface area contributed by atoms with Crippen molar-refractivity contribution in [3.05, 3.63) is 12.8 Å². The molecule has 0 atom stereocenters. The number of ether oxygens (including phenoxy) is 2. The van der Waals surface area contributed by atoms with E-state index in [0.29, 0.717) is 25.6 Å². The minimum Gasteiger partial charge on any atom is -0.498 e. The molecule has 1 saturated carbocycles. The van der Waals surface area contributed by atoms with E-state index in [1.54, 1.807) is 0 Å². The van der Waals surface area contributed by atoms with Crippen LogP contribution < -0.4 is 0 Å². The molecule has 0 unspecified atom stereocenters. The van der Waals surface area contributed by atoms with Crippen molar-refractivity contribution in [1.29, 1.82) is 0 Å². The van der Waals surface area contributed by atoms with Crippen LogP contribution in [0, 0.1) is 5.92 Å². The van der Waals surface area contributed by atoms with Crippen molar-refractivity contribution in [2.45, 2.75) is 38.5 Å². The zero-order valence-corrected chi connectivity index (χ0v) is 9.24. The maximum atomic E-state index is 11.4. The molecule has 15 heavy (non-hydrogen) atoms. The number of carbonyl (C=O) groups excluding carboxylic acids is 1. The molecule has 0 amide bonds. The molecule has 86 valence electrons. The fourth-order valence-corrected chi connectivity index (χ4v) is 1.97.